The summed E-state index contributed by atoms with van der Waals surface area (Å²) in [6.07, 6.45) is 4.31. The van der Waals surface area contributed by atoms with Crippen LogP contribution in [0.2, 0.25) is 0 Å². The summed E-state index contributed by atoms with van der Waals surface area (Å²) in [7, 11) is 0. The first-order valence-electron chi connectivity index (χ1n) is 12.7. The van der Waals surface area contributed by atoms with Gasteiger partial charge in [0.15, 0.2) is 0 Å². The molecule has 4 atom stereocenters. The minimum absolute atomic E-state index is 0.0822. The van der Waals surface area contributed by atoms with Crippen LogP contribution in [-0.4, -0.2) is 71.5 Å². The second-order valence-electron chi connectivity index (χ2n) is 9.51. The van der Waals surface area contributed by atoms with E-state index in [0.717, 1.165) is 5.56 Å². The first-order chi connectivity index (χ1) is 17.6. The topological polar surface area (TPSA) is 177 Å². The molecule has 37 heavy (non-hydrogen) atoms. The number of nitrogens with two attached hydrogens (primary N) is 2. The van der Waals surface area contributed by atoms with Crippen molar-refractivity contribution in [2.75, 3.05) is 18.6 Å². The van der Waals surface area contributed by atoms with Gasteiger partial charge in [0.05, 0.1) is 6.04 Å². The standard InChI is InChI=1S/C26H43N5O5S/c1-17(2)15-21(30-23(32)19(28)12-14-37-3)24(33)31-22(16-18-9-5-4-6-10-18)25(34)29-20(26(35)36)11-7-8-13-27/h4-6,9-10,17,19-22H,7-8,11-16,27-28H2,1-3H3,(H,29,34)(H,30,32)(H,31,33)(H,35,36). The Bertz CT molecular complexity index is 855. The van der Waals surface area contributed by atoms with Crippen LogP contribution in [0.25, 0.3) is 0 Å². The van der Waals surface area contributed by atoms with Gasteiger partial charge in [0, 0.05) is 6.42 Å². The third-order valence-electron chi connectivity index (χ3n) is 5.79. The molecule has 0 heterocycles. The molecule has 0 saturated heterocycles. The lowest BCUT2D eigenvalue weighted by Crippen LogP contribution is -2.57. The Morgan fingerprint density at radius 3 is 2.05 bits per heavy atom. The minimum Gasteiger partial charge on any atom is -0.480 e. The molecular formula is C26H43N5O5S. The van der Waals surface area contributed by atoms with E-state index < -0.39 is 47.9 Å². The molecule has 0 fully saturated rings. The molecule has 1 aromatic rings. The van der Waals surface area contributed by atoms with E-state index in [0.29, 0.717) is 38.0 Å². The van der Waals surface area contributed by atoms with Crippen LogP contribution in [0.5, 0.6) is 0 Å². The number of thioether (sulfide) groups is 1. The molecule has 0 aliphatic rings. The minimum atomic E-state index is -1.15. The van der Waals surface area contributed by atoms with Crippen molar-refractivity contribution in [2.24, 2.45) is 17.4 Å². The van der Waals surface area contributed by atoms with Gasteiger partial charge in [0.1, 0.15) is 18.1 Å². The van der Waals surface area contributed by atoms with Crippen molar-refractivity contribution in [1.29, 1.82) is 0 Å². The van der Waals surface area contributed by atoms with Gasteiger partial charge in [0.2, 0.25) is 17.7 Å². The summed E-state index contributed by atoms with van der Waals surface area (Å²) in [5.41, 5.74) is 12.3. The average molecular weight is 538 g/mol. The van der Waals surface area contributed by atoms with E-state index in [2.05, 4.69) is 16.0 Å². The molecule has 10 nitrogen and oxygen atoms in total. The van der Waals surface area contributed by atoms with Gasteiger partial charge in [-0.2, -0.15) is 11.8 Å². The molecule has 1 aromatic carbocycles. The molecular weight excluding hydrogens is 494 g/mol. The predicted octanol–water partition coefficient (Wildman–Crippen LogP) is 1.02. The maximum absolute atomic E-state index is 13.3. The van der Waals surface area contributed by atoms with Gasteiger partial charge in [-0.15, -0.1) is 0 Å². The number of carboxylic acid groups (broad SMARTS) is 1. The lowest BCUT2D eigenvalue weighted by molar-refractivity contribution is -0.142. The van der Waals surface area contributed by atoms with E-state index in [9.17, 15) is 24.3 Å². The number of hydrogen-bond acceptors (Lipinski definition) is 7. The molecule has 1 rings (SSSR count). The van der Waals surface area contributed by atoms with Crippen molar-refractivity contribution in [3.63, 3.8) is 0 Å². The van der Waals surface area contributed by atoms with Crippen LogP contribution >= 0.6 is 11.8 Å². The second kappa shape index (κ2) is 17.8. The summed E-state index contributed by atoms with van der Waals surface area (Å²) in [5, 5.41) is 17.6. The van der Waals surface area contributed by atoms with Gasteiger partial charge in [-0.25, -0.2) is 4.79 Å². The number of carboxylic acids is 1. The normalized spacial score (nSPS) is 14.3. The third kappa shape index (κ3) is 12.9. The highest BCUT2D eigenvalue weighted by Gasteiger charge is 2.30. The third-order valence-corrected chi connectivity index (χ3v) is 6.43. The average Bonchev–Trinajstić information content (AvgIpc) is 2.85. The Hall–Kier alpha value is -2.63. The molecule has 0 bridgehead atoms. The van der Waals surface area contributed by atoms with Gasteiger partial charge in [-0.05, 0) is 62.1 Å². The van der Waals surface area contributed by atoms with E-state index in [-0.39, 0.29) is 18.8 Å². The number of unbranched alkanes of at least 4 members (excludes halogenated alkanes) is 1. The number of nitrogens with one attached hydrogen (secondary N) is 3. The van der Waals surface area contributed by atoms with E-state index in [1.54, 1.807) is 11.8 Å². The highest BCUT2D eigenvalue weighted by atomic mass is 32.2. The zero-order valence-corrected chi connectivity index (χ0v) is 22.9. The Morgan fingerprint density at radius 1 is 0.892 bits per heavy atom. The van der Waals surface area contributed by atoms with Crippen molar-refractivity contribution in [3.8, 4) is 0 Å². The largest absolute Gasteiger partial charge is 0.480 e. The smallest absolute Gasteiger partial charge is 0.326 e. The lowest BCUT2D eigenvalue weighted by Gasteiger charge is -2.26. The summed E-state index contributed by atoms with van der Waals surface area (Å²) in [6, 6.07) is 5.33. The van der Waals surface area contributed by atoms with E-state index >= 15 is 0 Å². The highest BCUT2D eigenvalue weighted by molar-refractivity contribution is 7.98. The molecule has 0 spiro atoms. The molecule has 0 aliphatic carbocycles. The Kier molecular flexibility index (Phi) is 15.6. The van der Waals surface area contributed by atoms with Crippen molar-refractivity contribution in [3.05, 3.63) is 35.9 Å². The Morgan fingerprint density at radius 2 is 1.49 bits per heavy atom. The molecule has 11 heteroatoms. The van der Waals surface area contributed by atoms with Crippen LogP contribution in [0.1, 0.15) is 51.5 Å². The quantitative estimate of drug-likeness (QED) is 0.150. The lowest BCUT2D eigenvalue weighted by atomic mass is 10.00. The zero-order valence-electron chi connectivity index (χ0n) is 22.1. The van der Waals surface area contributed by atoms with E-state index in [1.807, 2.05) is 50.4 Å². The number of carbonyl (C=O) groups excluding carboxylic acids is 3. The second-order valence-corrected chi connectivity index (χ2v) is 10.5. The van der Waals surface area contributed by atoms with Crippen LogP contribution < -0.4 is 27.4 Å². The maximum Gasteiger partial charge on any atom is 0.326 e. The van der Waals surface area contributed by atoms with E-state index in [1.165, 1.54) is 0 Å². The van der Waals surface area contributed by atoms with Crippen LogP contribution in [-0.2, 0) is 25.6 Å². The van der Waals surface area contributed by atoms with Gasteiger partial charge in [-0.3, -0.25) is 14.4 Å². The summed E-state index contributed by atoms with van der Waals surface area (Å²) in [5.74, 6) is -1.91. The van der Waals surface area contributed by atoms with Crippen molar-refractivity contribution >= 4 is 35.5 Å². The van der Waals surface area contributed by atoms with Crippen LogP contribution in [0.4, 0.5) is 0 Å². The fraction of sp³-hybridized carbons (Fsp3) is 0.615. The number of carbonyl (C=O) groups is 4. The SMILES string of the molecule is CSCCC(N)C(=O)NC(CC(C)C)C(=O)NC(Cc1ccccc1)C(=O)NC(CCCCN)C(=O)O. The molecule has 0 saturated carbocycles. The summed E-state index contributed by atoms with van der Waals surface area (Å²) in [6.45, 7) is 4.27. The molecule has 0 radical (unpaired) electrons. The fourth-order valence-corrected chi connectivity index (χ4v) is 4.20. The van der Waals surface area contributed by atoms with Gasteiger partial charge < -0.3 is 32.5 Å². The molecule has 8 N–H and O–H groups in total. The van der Waals surface area contributed by atoms with Gasteiger partial charge >= 0.3 is 5.97 Å². The Balaban J connectivity index is 3.06. The molecule has 4 unspecified atom stereocenters. The van der Waals surface area contributed by atoms with Crippen LogP contribution in [0.3, 0.4) is 0 Å². The maximum atomic E-state index is 13.3. The number of hydrogen-bond donors (Lipinski definition) is 6. The van der Waals surface area contributed by atoms with Gasteiger partial charge in [0.25, 0.3) is 0 Å². The van der Waals surface area contributed by atoms with Crippen molar-refractivity contribution in [1.82, 2.24) is 16.0 Å². The Labute approximate surface area is 224 Å². The van der Waals surface area contributed by atoms with Crippen molar-refractivity contribution < 1.29 is 24.3 Å². The van der Waals surface area contributed by atoms with E-state index in [4.69, 9.17) is 11.5 Å². The number of benzene rings is 1. The molecule has 208 valence electrons. The number of rotatable bonds is 18. The molecule has 3 amide bonds. The monoisotopic (exact) mass is 537 g/mol. The zero-order chi connectivity index (χ0) is 27.8. The van der Waals surface area contributed by atoms with Gasteiger partial charge in [-0.1, -0.05) is 44.2 Å². The summed E-state index contributed by atoms with van der Waals surface area (Å²) < 4.78 is 0. The highest BCUT2D eigenvalue weighted by Crippen LogP contribution is 2.10. The van der Waals surface area contributed by atoms with Crippen LogP contribution in [0.15, 0.2) is 30.3 Å². The number of aliphatic carboxylic acids is 1. The van der Waals surface area contributed by atoms with Crippen molar-refractivity contribution in [2.45, 2.75) is 76.5 Å². The van der Waals surface area contributed by atoms with Crippen LogP contribution in [0, 0.1) is 5.92 Å². The first kappa shape index (κ1) is 32.4. The fourth-order valence-electron chi connectivity index (χ4n) is 3.71. The first-order valence-corrected chi connectivity index (χ1v) is 14.1. The summed E-state index contributed by atoms with van der Waals surface area (Å²) in [4.78, 5) is 50.9. The summed E-state index contributed by atoms with van der Waals surface area (Å²) >= 11 is 1.58. The number of amides is 3. The predicted molar refractivity (Wildman–Crippen MR) is 147 cm³/mol. The molecule has 0 aliphatic heterocycles. The molecule has 0 aromatic heterocycles.